The van der Waals surface area contributed by atoms with Gasteiger partial charge in [-0.15, -0.1) is 0 Å². The second-order valence-electron chi connectivity index (χ2n) is 5.32. The monoisotopic (exact) mass is 264 g/mol. The van der Waals surface area contributed by atoms with E-state index in [1.165, 1.54) is 30.8 Å². The Morgan fingerprint density at radius 3 is 2.67 bits per heavy atom. The second kappa shape index (κ2) is 4.61. The molecule has 1 saturated heterocycles. The number of anilines is 2. The number of aromatic nitrogens is 2. The Labute approximate surface area is 112 Å². The summed E-state index contributed by atoms with van der Waals surface area (Å²) in [7, 11) is 2.14. The van der Waals surface area contributed by atoms with E-state index in [1.807, 2.05) is 18.7 Å². The number of rotatable bonds is 3. The normalized spacial score (nSPS) is 23.3. The van der Waals surface area contributed by atoms with Crippen LogP contribution in [0.2, 0.25) is 0 Å². The molecule has 0 bridgehead atoms. The average Bonchev–Trinajstić information content (AvgIpc) is 3.06. The van der Waals surface area contributed by atoms with Crippen LogP contribution in [0.1, 0.15) is 36.6 Å². The molecule has 0 amide bonds. The molecule has 2 heterocycles. The molecule has 1 aromatic heterocycles. The number of nitrogens with zero attached hydrogens (tertiary/aromatic N) is 3. The zero-order valence-corrected chi connectivity index (χ0v) is 11.8. The Hall–Kier alpha value is -0.970. The molecule has 2 fully saturated rings. The lowest BCUT2D eigenvalue weighted by Gasteiger charge is -2.27. The van der Waals surface area contributed by atoms with Gasteiger partial charge in [0.15, 0.2) is 0 Å². The van der Waals surface area contributed by atoms with Crippen molar-refractivity contribution in [2.45, 2.75) is 38.1 Å². The molecule has 1 aliphatic carbocycles. The summed E-state index contributed by atoms with van der Waals surface area (Å²) in [5.41, 5.74) is 7.07. The Bertz CT molecular complexity index is 453. The van der Waals surface area contributed by atoms with Gasteiger partial charge in [-0.3, -0.25) is 0 Å². The van der Waals surface area contributed by atoms with Gasteiger partial charge in [-0.1, -0.05) is 0 Å². The van der Waals surface area contributed by atoms with Gasteiger partial charge in [-0.25, -0.2) is 9.97 Å². The number of hydrogen-bond donors (Lipinski definition) is 1. The van der Waals surface area contributed by atoms with Crippen LogP contribution in [-0.2, 0) is 0 Å². The summed E-state index contributed by atoms with van der Waals surface area (Å²) >= 11 is 2.02. The van der Waals surface area contributed by atoms with E-state index < -0.39 is 0 Å². The van der Waals surface area contributed by atoms with Crippen LogP contribution in [0.15, 0.2) is 0 Å². The smallest absolute Gasteiger partial charge is 0.137 e. The van der Waals surface area contributed by atoms with Crippen LogP contribution < -0.4 is 10.6 Å². The highest BCUT2D eigenvalue weighted by Crippen LogP contribution is 2.40. The molecule has 1 aliphatic heterocycles. The lowest BCUT2D eigenvalue weighted by molar-refractivity contribution is 0.685. The van der Waals surface area contributed by atoms with Gasteiger partial charge in [0.25, 0.3) is 0 Å². The molecule has 3 rings (SSSR count). The van der Waals surface area contributed by atoms with Crippen molar-refractivity contribution in [3.63, 3.8) is 0 Å². The van der Waals surface area contributed by atoms with Crippen LogP contribution in [0.25, 0.3) is 0 Å². The van der Waals surface area contributed by atoms with Gasteiger partial charge in [0.1, 0.15) is 17.5 Å². The lowest BCUT2D eigenvalue weighted by Crippen LogP contribution is -2.33. The Kier molecular flexibility index (Phi) is 3.09. The van der Waals surface area contributed by atoms with Crippen LogP contribution in [-0.4, -0.2) is 34.6 Å². The molecule has 1 atom stereocenters. The lowest BCUT2D eigenvalue weighted by atomic mass is 10.2. The van der Waals surface area contributed by atoms with E-state index in [0.29, 0.717) is 17.8 Å². The van der Waals surface area contributed by atoms with E-state index >= 15 is 0 Å². The minimum absolute atomic E-state index is 0.554. The molecule has 0 radical (unpaired) electrons. The molecule has 0 aromatic carbocycles. The molecule has 98 valence electrons. The van der Waals surface area contributed by atoms with Gasteiger partial charge in [0, 0.05) is 30.3 Å². The first-order valence-electron chi connectivity index (χ1n) is 6.61. The van der Waals surface area contributed by atoms with E-state index in [2.05, 4.69) is 16.9 Å². The Balaban J connectivity index is 1.93. The molecule has 18 heavy (non-hydrogen) atoms. The maximum atomic E-state index is 6.04. The van der Waals surface area contributed by atoms with Gasteiger partial charge in [0.05, 0.1) is 0 Å². The third-order valence-corrected chi connectivity index (χ3v) is 5.05. The SMILES string of the molecule is Cc1c(N)nc(C2CC2)nc1N(C)C1CCSC1. The van der Waals surface area contributed by atoms with Crippen molar-refractivity contribution in [2.24, 2.45) is 0 Å². The van der Waals surface area contributed by atoms with E-state index in [-0.39, 0.29) is 0 Å². The second-order valence-corrected chi connectivity index (χ2v) is 6.47. The first-order valence-corrected chi connectivity index (χ1v) is 7.77. The fourth-order valence-corrected chi connectivity index (χ4v) is 3.67. The summed E-state index contributed by atoms with van der Waals surface area (Å²) in [6, 6.07) is 0.593. The summed E-state index contributed by atoms with van der Waals surface area (Å²) in [6.45, 7) is 2.03. The van der Waals surface area contributed by atoms with Crippen LogP contribution in [0.5, 0.6) is 0 Å². The Morgan fingerprint density at radius 1 is 1.28 bits per heavy atom. The molecule has 0 spiro atoms. The van der Waals surface area contributed by atoms with E-state index in [4.69, 9.17) is 10.7 Å². The molecule has 5 heteroatoms. The van der Waals surface area contributed by atoms with Gasteiger partial charge in [0.2, 0.25) is 0 Å². The largest absolute Gasteiger partial charge is 0.383 e. The third-order valence-electron chi connectivity index (χ3n) is 3.91. The molecular formula is C13H20N4S. The van der Waals surface area contributed by atoms with E-state index in [1.54, 1.807) is 0 Å². The van der Waals surface area contributed by atoms with E-state index in [9.17, 15) is 0 Å². The highest BCUT2D eigenvalue weighted by molar-refractivity contribution is 7.99. The number of hydrogen-bond acceptors (Lipinski definition) is 5. The minimum Gasteiger partial charge on any atom is -0.383 e. The van der Waals surface area contributed by atoms with Crippen molar-refractivity contribution >= 4 is 23.4 Å². The zero-order chi connectivity index (χ0) is 12.7. The number of nitrogens with two attached hydrogens (primary N) is 1. The van der Waals surface area contributed by atoms with Crippen molar-refractivity contribution in [1.82, 2.24) is 9.97 Å². The van der Waals surface area contributed by atoms with Crippen molar-refractivity contribution in [3.05, 3.63) is 11.4 Å². The van der Waals surface area contributed by atoms with Crippen LogP contribution in [0.3, 0.4) is 0 Å². The topological polar surface area (TPSA) is 55.0 Å². The predicted octanol–water partition coefficient (Wildman–Crippen LogP) is 2.19. The maximum Gasteiger partial charge on any atom is 0.137 e. The standard InChI is InChI=1S/C13H20N4S/c1-8-11(14)15-12(9-3-4-9)16-13(8)17(2)10-5-6-18-7-10/h9-10H,3-7H2,1-2H3,(H2,14,15,16). The van der Waals surface area contributed by atoms with Crippen molar-refractivity contribution < 1.29 is 0 Å². The maximum absolute atomic E-state index is 6.04. The van der Waals surface area contributed by atoms with Crippen molar-refractivity contribution in [2.75, 3.05) is 29.2 Å². The van der Waals surface area contributed by atoms with E-state index in [0.717, 1.165) is 17.2 Å². The fraction of sp³-hybridized carbons (Fsp3) is 0.692. The summed E-state index contributed by atoms with van der Waals surface area (Å²) in [6.07, 6.45) is 3.67. The molecular weight excluding hydrogens is 244 g/mol. The fourth-order valence-electron chi connectivity index (χ4n) is 2.41. The van der Waals surface area contributed by atoms with Gasteiger partial charge in [-0.2, -0.15) is 11.8 Å². The zero-order valence-electron chi connectivity index (χ0n) is 11.0. The number of nitrogen functional groups attached to an aromatic ring is 1. The van der Waals surface area contributed by atoms with Gasteiger partial charge < -0.3 is 10.6 Å². The summed E-state index contributed by atoms with van der Waals surface area (Å²) in [4.78, 5) is 11.5. The summed E-state index contributed by atoms with van der Waals surface area (Å²) in [5.74, 6) is 5.64. The van der Waals surface area contributed by atoms with Crippen molar-refractivity contribution in [1.29, 1.82) is 0 Å². The molecule has 1 unspecified atom stereocenters. The average molecular weight is 264 g/mol. The minimum atomic E-state index is 0.554. The third kappa shape index (κ3) is 2.16. The van der Waals surface area contributed by atoms with Gasteiger partial charge in [-0.05, 0) is 31.9 Å². The first kappa shape index (κ1) is 12.1. The first-order chi connectivity index (χ1) is 8.66. The predicted molar refractivity (Wildman–Crippen MR) is 77.3 cm³/mol. The number of thioether (sulfide) groups is 1. The molecule has 1 saturated carbocycles. The van der Waals surface area contributed by atoms with Crippen LogP contribution in [0, 0.1) is 6.92 Å². The Morgan fingerprint density at radius 2 is 2.06 bits per heavy atom. The van der Waals surface area contributed by atoms with Crippen molar-refractivity contribution in [3.8, 4) is 0 Å². The van der Waals surface area contributed by atoms with Crippen LogP contribution in [0.4, 0.5) is 11.6 Å². The van der Waals surface area contributed by atoms with Crippen LogP contribution >= 0.6 is 11.8 Å². The molecule has 4 nitrogen and oxygen atoms in total. The molecule has 2 aliphatic rings. The molecule has 1 aromatic rings. The van der Waals surface area contributed by atoms with Gasteiger partial charge >= 0.3 is 0 Å². The summed E-state index contributed by atoms with van der Waals surface area (Å²) in [5, 5.41) is 0. The summed E-state index contributed by atoms with van der Waals surface area (Å²) < 4.78 is 0. The molecule has 2 N–H and O–H groups in total. The quantitative estimate of drug-likeness (QED) is 0.907. The highest BCUT2D eigenvalue weighted by Gasteiger charge is 2.29. The highest BCUT2D eigenvalue weighted by atomic mass is 32.2.